The predicted molar refractivity (Wildman–Crippen MR) is 75.3 cm³/mol. The molecular weight excluding hydrogens is 258 g/mol. The average molecular weight is 275 g/mol. The SMILES string of the molecule is C#CCNC(=O)c1ccc(N[C@@H](C(=O)O)C(C)C)nc1. The summed E-state index contributed by atoms with van der Waals surface area (Å²) in [7, 11) is 0. The van der Waals surface area contributed by atoms with Crippen molar-refractivity contribution < 1.29 is 14.7 Å². The van der Waals surface area contributed by atoms with E-state index in [-0.39, 0.29) is 18.4 Å². The molecule has 1 aromatic rings. The van der Waals surface area contributed by atoms with E-state index in [1.165, 1.54) is 6.20 Å². The van der Waals surface area contributed by atoms with E-state index in [1.807, 2.05) is 0 Å². The zero-order valence-electron chi connectivity index (χ0n) is 11.4. The molecule has 0 bridgehead atoms. The number of aliphatic carboxylic acids is 1. The fourth-order valence-corrected chi connectivity index (χ4v) is 1.52. The van der Waals surface area contributed by atoms with Crippen LogP contribution in [-0.4, -0.2) is 34.6 Å². The van der Waals surface area contributed by atoms with Crippen LogP contribution >= 0.6 is 0 Å². The lowest BCUT2D eigenvalue weighted by atomic mass is 10.1. The molecule has 0 aliphatic rings. The number of nitrogens with one attached hydrogen (secondary N) is 2. The van der Waals surface area contributed by atoms with Gasteiger partial charge in [-0.1, -0.05) is 19.8 Å². The zero-order chi connectivity index (χ0) is 15.1. The summed E-state index contributed by atoms with van der Waals surface area (Å²) >= 11 is 0. The second-order valence-corrected chi connectivity index (χ2v) is 4.52. The molecule has 0 saturated heterocycles. The molecule has 20 heavy (non-hydrogen) atoms. The van der Waals surface area contributed by atoms with Crippen LogP contribution in [0.25, 0.3) is 0 Å². The first kappa shape index (κ1) is 15.5. The predicted octanol–water partition coefficient (Wildman–Crippen LogP) is 0.966. The van der Waals surface area contributed by atoms with E-state index in [4.69, 9.17) is 11.5 Å². The zero-order valence-corrected chi connectivity index (χ0v) is 11.4. The van der Waals surface area contributed by atoms with Crippen LogP contribution in [0.4, 0.5) is 5.82 Å². The van der Waals surface area contributed by atoms with Crippen LogP contribution in [0.1, 0.15) is 24.2 Å². The van der Waals surface area contributed by atoms with Crippen LogP contribution in [0.15, 0.2) is 18.3 Å². The molecule has 106 valence electrons. The van der Waals surface area contributed by atoms with Gasteiger partial charge >= 0.3 is 5.97 Å². The fourth-order valence-electron chi connectivity index (χ4n) is 1.52. The van der Waals surface area contributed by atoms with Crippen molar-refractivity contribution in [1.29, 1.82) is 0 Å². The monoisotopic (exact) mass is 275 g/mol. The number of nitrogens with zero attached hydrogens (tertiary/aromatic N) is 1. The van der Waals surface area contributed by atoms with E-state index in [9.17, 15) is 9.59 Å². The quantitative estimate of drug-likeness (QED) is 0.673. The van der Waals surface area contributed by atoms with Gasteiger partial charge in [0, 0.05) is 6.20 Å². The molecule has 1 rings (SSSR count). The van der Waals surface area contributed by atoms with Gasteiger partial charge in [-0.3, -0.25) is 4.79 Å². The standard InChI is InChI=1S/C14H17N3O3/c1-4-7-15-13(18)10-5-6-11(16-8-10)17-12(9(2)3)14(19)20/h1,5-6,8-9,12H,7H2,2-3H3,(H,15,18)(H,16,17)(H,19,20)/t12-/m1/s1. The molecular formula is C14H17N3O3. The molecule has 3 N–H and O–H groups in total. The normalized spacial score (nSPS) is 11.5. The largest absolute Gasteiger partial charge is 0.480 e. The third kappa shape index (κ3) is 4.28. The molecule has 0 radical (unpaired) electrons. The first-order valence-corrected chi connectivity index (χ1v) is 6.12. The first-order valence-electron chi connectivity index (χ1n) is 6.12. The van der Waals surface area contributed by atoms with Gasteiger partial charge in [-0.2, -0.15) is 0 Å². The van der Waals surface area contributed by atoms with Crippen molar-refractivity contribution in [3.63, 3.8) is 0 Å². The second-order valence-electron chi connectivity index (χ2n) is 4.52. The van der Waals surface area contributed by atoms with E-state index in [0.717, 1.165) is 0 Å². The van der Waals surface area contributed by atoms with E-state index in [1.54, 1.807) is 26.0 Å². The number of amides is 1. The highest BCUT2D eigenvalue weighted by molar-refractivity contribution is 5.94. The Morgan fingerprint density at radius 1 is 1.45 bits per heavy atom. The number of carbonyl (C=O) groups is 2. The van der Waals surface area contributed by atoms with Crippen LogP contribution < -0.4 is 10.6 Å². The van der Waals surface area contributed by atoms with Crippen molar-refractivity contribution in [3.05, 3.63) is 23.9 Å². The Kier molecular flexibility index (Phi) is 5.54. The van der Waals surface area contributed by atoms with Gasteiger partial charge in [-0.05, 0) is 18.1 Å². The minimum atomic E-state index is -0.947. The smallest absolute Gasteiger partial charge is 0.326 e. The van der Waals surface area contributed by atoms with Gasteiger partial charge in [-0.15, -0.1) is 6.42 Å². The van der Waals surface area contributed by atoms with Crippen molar-refractivity contribution >= 4 is 17.7 Å². The highest BCUT2D eigenvalue weighted by Crippen LogP contribution is 2.11. The maximum Gasteiger partial charge on any atom is 0.326 e. The summed E-state index contributed by atoms with van der Waals surface area (Å²) < 4.78 is 0. The second kappa shape index (κ2) is 7.14. The van der Waals surface area contributed by atoms with Crippen molar-refractivity contribution in [1.82, 2.24) is 10.3 Å². The lowest BCUT2D eigenvalue weighted by Gasteiger charge is -2.18. The summed E-state index contributed by atoms with van der Waals surface area (Å²) in [6.45, 7) is 3.74. The number of terminal acetylenes is 1. The third-order valence-electron chi connectivity index (χ3n) is 2.61. The summed E-state index contributed by atoms with van der Waals surface area (Å²) in [5.74, 6) is 1.35. The summed E-state index contributed by atoms with van der Waals surface area (Å²) in [4.78, 5) is 26.7. The number of aromatic nitrogens is 1. The minimum absolute atomic E-state index is 0.0899. The van der Waals surface area contributed by atoms with Gasteiger partial charge in [0.05, 0.1) is 12.1 Å². The highest BCUT2D eigenvalue weighted by Gasteiger charge is 2.21. The molecule has 0 unspecified atom stereocenters. The molecule has 1 amide bonds. The Morgan fingerprint density at radius 2 is 2.15 bits per heavy atom. The molecule has 6 nitrogen and oxygen atoms in total. The fraction of sp³-hybridized carbons (Fsp3) is 0.357. The summed E-state index contributed by atoms with van der Waals surface area (Å²) in [6.07, 6.45) is 6.41. The summed E-state index contributed by atoms with van der Waals surface area (Å²) in [5, 5.41) is 14.4. The van der Waals surface area contributed by atoms with Crippen LogP contribution in [0, 0.1) is 18.3 Å². The van der Waals surface area contributed by atoms with E-state index in [0.29, 0.717) is 11.4 Å². The number of carboxylic acids is 1. The van der Waals surface area contributed by atoms with E-state index in [2.05, 4.69) is 21.5 Å². The number of rotatable bonds is 6. The summed E-state index contributed by atoms with van der Waals surface area (Å²) in [6, 6.07) is 2.38. The number of hydrogen-bond donors (Lipinski definition) is 3. The van der Waals surface area contributed by atoms with E-state index < -0.39 is 12.0 Å². The molecule has 0 aliphatic heterocycles. The highest BCUT2D eigenvalue weighted by atomic mass is 16.4. The Bertz CT molecular complexity index is 517. The Morgan fingerprint density at radius 3 is 2.60 bits per heavy atom. The van der Waals surface area contributed by atoms with Gasteiger partial charge in [0.25, 0.3) is 5.91 Å². The van der Waals surface area contributed by atoms with Gasteiger partial charge in [0.1, 0.15) is 11.9 Å². The molecule has 0 aliphatic carbocycles. The van der Waals surface area contributed by atoms with Crippen molar-refractivity contribution in [2.24, 2.45) is 5.92 Å². The Labute approximate surface area is 117 Å². The van der Waals surface area contributed by atoms with Crippen molar-refractivity contribution in [2.75, 3.05) is 11.9 Å². The Balaban J connectivity index is 2.74. The average Bonchev–Trinajstić information content (AvgIpc) is 2.42. The molecule has 0 fully saturated rings. The molecule has 6 heteroatoms. The number of carbonyl (C=O) groups excluding carboxylic acids is 1. The van der Waals surface area contributed by atoms with Gasteiger partial charge < -0.3 is 15.7 Å². The molecule has 0 spiro atoms. The van der Waals surface area contributed by atoms with E-state index >= 15 is 0 Å². The molecule has 0 aromatic carbocycles. The van der Waals surface area contributed by atoms with Crippen molar-refractivity contribution in [3.8, 4) is 12.3 Å². The summed E-state index contributed by atoms with van der Waals surface area (Å²) in [5.41, 5.74) is 0.363. The first-order chi connectivity index (χ1) is 9.45. The van der Waals surface area contributed by atoms with Crippen LogP contribution in [0.5, 0.6) is 0 Å². The third-order valence-corrected chi connectivity index (χ3v) is 2.61. The minimum Gasteiger partial charge on any atom is -0.480 e. The lowest BCUT2D eigenvalue weighted by molar-refractivity contribution is -0.138. The van der Waals surface area contributed by atoms with Crippen molar-refractivity contribution in [2.45, 2.75) is 19.9 Å². The molecule has 0 saturated carbocycles. The topological polar surface area (TPSA) is 91.3 Å². The van der Waals surface area contributed by atoms with Gasteiger partial charge in [0.2, 0.25) is 0 Å². The maximum absolute atomic E-state index is 11.6. The molecule has 1 atom stereocenters. The van der Waals surface area contributed by atoms with Gasteiger partial charge in [-0.25, -0.2) is 9.78 Å². The lowest BCUT2D eigenvalue weighted by Crippen LogP contribution is -2.34. The molecule has 1 aromatic heterocycles. The number of pyridine rings is 1. The van der Waals surface area contributed by atoms with Gasteiger partial charge in [0.15, 0.2) is 0 Å². The number of anilines is 1. The van der Waals surface area contributed by atoms with Crippen LogP contribution in [0.2, 0.25) is 0 Å². The maximum atomic E-state index is 11.6. The van der Waals surface area contributed by atoms with Crippen LogP contribution in [0.3, 0.4) is 0 Å². The van der Waals surface area contributed by atoms with Crippen LogP contribution in [-0.2, 0) is 4.79 Å². The number of carboxylic acid groups (broad SMARTS) is 1. The number of hydrogen-bond acceptors (Lipinski definition) is 4. The molecule has 1 heterocycles. The Hall–Kier alpha value is -2.55.